The van der Waals surface area contributed by atoms with Gasteiger partial charge in [-0.05, 0) is 36.6 Å². The van der Waals surface area contributed by atoms with Crippen LogP contribution in [0.5, 0.6) is 0 Å². The van der Waals surface area contributed by atoms with Gasteiger partial charge in [0.2, 0.25) is 5.91 Å². The molecular formula is C25H28N8O. The Morgan fingerprint density at radius 1 is 0.941 bits per heavy atom. The van der Waals surface area contributed by atoms with E-state index < -0.39 is 0 Å². The molecule has 2 aliphatic heterocycles. The van der Waals surface area contributed by atoms with E-state index in [1.807, 2.05) is 24.4 Å². The number of piperidine rings is 1. The molecule has 0 N–H and O–H groups in total. The van der Waals surface area contributed by atoms with E-state index in [0.717, 1.165) is 75.6 Å². The molecule has 0 spiro atoms. The highest BCUT2D eigenvalue weighted by molar-refractivity contribution is 5.81. The first-order valence-electron chi connectivity index (χ1n) is 12.0. The van der Waals surface area contributed by atoms with Crippen molar-refractivity contribution in [3.8, 4) is 0 Å². The van der Waals surface area contributed by atoms with Crippen LogP contribution < -0.4 is 4.90 Å². The zero-order valence-electron chi connectivity index (χ0n) is 19.1. The van der Waals surface area contributed by atoms with Crippen molar-refractivity contribution in [2.75, 3.05) is 44.2 Å². The van der Waals surface area contributed by atoms with Crippen LogP contribution in [-0.2, 0) is 11.3 Å². The number of carbonyl (C=O) groups is 1. The zero-order chi connectivity index (χ0) is 22.9. The fourth-order valence-corrected chi connectivity index (χ4v) is 5.16. The minimum Gasteiger partial charge on any atom is -0.355 e. The monoisotopic (exact) mass is 456 g/mol. The molecule has 2 fully saturated rings. The van der Waals surface area contributed by atoms with Gasteiger partial charge < -0.3 is 9.80 Å². The highest BCUT2D eigenvalue weighted by atomic mass is 16.2. The van der Waals surface area contributed by atoms with Crippen molar-refractivity contribution in [3.05, 3.63) is 60.6 Å². The molecule has 34 heavy (non-hydrogen) atoms. The van der Waals surface area contributed by atoms with Crippen LogP contribution in [0.2, 0.25) is 0 Å². The van der Waals surface area contributed by atoms with Crippen LogP contribution in [0.15, 0.2) is 55.0 Å². The number of para-hydroxylation sites is 1. The van der Waals surface area contributed by atoms with Gasteiger partial charge in [0.05, 0.1) is 5.52 Å². The number of benzene rings is 1. The summed E-state index contributed by atoms with van der Waals surface area (Å²) in [5, 5.41) is 13.7. The summed E-state index contributed by atoms with van der Waals surface area (Å²) in [6.45, 7) is 5.94. The fraction of sp³-hybridized carbons (Fsp3) is 0.400. The van der Waals surface area contributed by atoms with Crippen molar-refractivity contribution in [2.24, 2.45) is 5.92 Å². The second-order valence-electron chi connectivity index (χ2n) is 9.18. The summed E-state index contributed by atoms with van der Waals surface area (Å²) in [4.78, 5) is 24.6. The number of pyridine rings is 1. The molecule has 3 aromatic heterocycles. The maximum atomic E-state index is 13.2. The minimum atomic E-state index is 0.101. The molecule has 0 atom stereocenters. The summed E-state index contributed by atoms with van der Waals surface area (Å²) >= 11 is 0. The number of aromatic nitrogens is 5. The molecule has 1 amide bonds. The summed E-state index contributed by atoms with van der Waals surface area (Å²) in [6, 6.07) is 14.4. The van der Waals surface area contributed by atoms with Crippen LogP contribution in [0.1, 0.15) is 18.4 Å². The van der Waals surface area contributed by atoms with Gasteiger partial charge in [-0.15, -0.1) is 15.3 Å². The van der Waals surface area contributed by atoms with E-state index in [1.165, 1.54) is 10.9 Å². The lowest BCUT2D eigenvalue weighted by Crippen LogP contribution is -2.51. The zero-order valence-corrected chi connectivity index (χ0v) is 19.1. The van der Waals surface area contributed by atoms with E-state index in [1.54, 1.807) is 10.8 Å². The first-order valence-corrected chi connectivity index (χ1v) is 12.0. The average Bonchev–Trinajstić information content (AvgIpc) is 3.37. The van der Waals surface area contributed by atoms with Gasteiger partial charge in [-0.2, -0.15) is 4.52 Å². The highest BCUT2D eigenvalue weighted by Crippen LogP contribution is 2.25. The molecule has 0 unspecified atom stereocenters. The summed E-state index contributed by atoms with van der Waals surface area (Å²) in [6.07, 6.45) is 5.20. The molecular weight excluding hydrogens is 428 g/mol. The van der Waals surface area contributed by atoms with Crippen molar-refractivity contribution < 1.29 is 4.79 Å². The molecule has 0 radical (unpaired) electrons. The maximum Gasteiger partial charge on any atom is 0.225 e. The second kappa shape index (κ2) is 8.98. The lowest BCUT2D eigenvalue weighted by Gasteiger charge is -2.38. The van der Waals surface area contributed by atoms with Crippen LogP contribution in [0.3, 0.4) is 0 Å². The third kappa shape index (κ3) is 4.07. The second-order valence-corrected chi connectivity index (χ2v) is 9.18. The first kappa shape index (κ1) is 21.0. The third-order valence-corrected chi connectivity index (χ3v) is 7.11. The average molecular weight is 457 g/mol. The normalized spacial score (nSPS) is 18.1. The lowest BCUT2D eigenvalue weighted by atomic mass is 9.95. The molecule has 4 aromatic rings. The van der Waals surface area contributed by atoms with Crippen molar-refractivity contribution in [1.82, 2.24) is 34.6 Å². The molecule has 174 valence electrons. The van der Waals surface area contributed by atoms with Crippen LogP contribution in [-0.4, -0.2) is 79.8 Å². The molecule has 5 heterocycles. The number of hydrogen-bond acceptors (Lipinski definition) is 7. The maximum absolute atomic E-state index is 13.2. The van der Waals surface area contributed by atoms with Gasteiger partial charge in [-0.3, -0.25) is 14.7 Å². The smallest absolute Gasteiger partial charge is 0.225 e. The topological polar surface area (TPSA) is 82.8 Å². The molecule has 0 aliphatic carbocycles. The molecule has 9 nitrogen and oxygen atoms in total. The molecule has 1 aromatic carbocycles. The Labute approximate surface area is 198 Å². The van der Waals surface area contributed by atoms with Gasteiger partial charge in [0.25, 0.3) is 0 Å². The van der Waals surface area contributed by atoms with Gasteiger partial charge in [0.15, 0.2) is 5.65 Å². The number of amides is 1. The lowest BCUT2D eigenvalue weighted by molar-refractivity contribution is -0.138. The molecule has 6 rings (SSSR count). The van der Waals surface area contributed by atoms with E-state index in [4.69, 9.17) is 0 Å². The third-order valence-electron chi connectivity index (χ3n) is 7.11. The quantitative estimate of drug-likeness (QED) is 0.466. The number of rotatable bonds is 4. The number of hydrogen-bond donors (Lipinski definition) is 0. The number of carbonyl (C=O) groups excluding carboxylic acids is 1. The number of fused-ring (bicyclic) bond motifs is 2. The first-order chi connectivity index (χ1) is 16.7. The molecule has 2 saturated heterocycles. The van der Waals surface area contributed by atoms with Crippen LogP contribution >= 0.6 is 0 Å². The van der Waals surface area contributed by atoms with E-state index in [9.17, 15) is 4.79 Å². The van der Waals surface area contributed by atoms with Crippen LogP contribution in [0.25, 0.3) is 16.6 Å². The number of piperazine rings is 1. The van der Waals surface area contributed by atoms with Gasteiger partial charge >= 0.3 is 0 Å². The Bertz CT molecular complexity index is 1300. The van der Waals surface area contributed by atoms with Gasteiger partial charge in [0, 0.05) is 63.3 Å². The predicted octanol–water partition coefficient (Wildman–Crippen LogP) is 2.23. The molecule has 9 heteroatoms. The van der Waals surface area contributed by atoms with Crippen molar-refractivity contribution in [2.45, 2.75) is 19.4 Å². The highest BCUT2D eigenvalue weighted by Gasteiger charge is 2.31. The molecule has 2 aliphatic rings. The van der Waals surface area contributed by atoms with Gasteiger partial charge in [0.1, 0.15) is 12.1 Å². The number of nitrogens with zero attached hydrogens (tertiary/aromatic N) is 8. The van der Waals surface area contributed by atoms with Gasteiger partial charge in [-0.25, -0.2) is 0 Å². The Morgan fingerprint density at radius 2 is 1.76 bits per heavy atom. The largest absolute Gasteiger partial charge is 0.355 e. The van der Waals surface area contributed by atoms with Crippen LogP contribution in [0.4, 0.5) is 5.82 Å². The van der Waals surface area contributed by atoms with Crippen molar-refractivity contribution in [3.63, 3.8) is 0 Å². The summed E-state index contributed by atoms with van der Waals surface area (Å²) in [5.41, 5.74) is 3.07. The predicted molar refractivity (Wildman–Crippen MR) is 129 cm³/mol. The summed E-state index contributed by atoms with van der Waals surface area (Å²) < 4.78 is 1.69. The Hall–Kier alpha value is -3.59. The van der Waals surface area contributed by atoms with E-state index in [2.05, 4.69) is 59.2 Å². The van der Waals surface area contributed by atoms with Crippen LogP contribution in [0, 0.1) is 5.92 Å². The van der Waals surface area contributed by atoms with E-state index >= 15 is 0 Å². The fourth-order valence-electron chi connectivity index (χ4n) is 5.16. The van der Waals surface area contributed by atoms with Crippen molar-refractivity contribution >= 4 is 28.3 Å². The summed E-state index contributed by atoms with van der Waals surface area (Å²) in [5.74, 6) is 1.33. The Kier molecular flexibility index (Phi) is 5.54. The SMILES string of the molecule is O=C(C1CCN(c2ccc3nncn3n2)CC1)N1CCN(Cc2cccc3cccnc23)CC1. The summed E-state index contributed by atoms with van der Waals surface area (Å²) in [7, 11) is 0. The molecule has 0 saturated carbocycles. The Morgan fingerprint density at radius 3 is 2.62 bits per heavy atom. The van der Waals surface area contributed by atoms with Gasteiger partial charge in [-0.1, -0.05) is 24.3 Å². The van der Waals surface area contributed by atoms with Crippen molar-refractivity contribution in [1.29, 1.82) is 0 Å². The Balaban J connectivity index is 1.02. The number of anilines is 1. The molecule has 0 bridgehead atoms. The van der Waals surface area contributed by atoms with E-state index in [-0.39, 0.29) is 5.92 Å². The van der Waals surface area contributed by atoms with E-state index in [0.29, 0.717) is 5.91 Å². The standard InChI is InChI=1S/C25H28N8O/c34-25(20-8-11-31(12-9-20)23-7-6-22-28-27-18-33(22)29-23)32-15-13-30(14-16-32)17-21-4-1-3-19-5-2-10-26-24(19)21/h1-7,10,18,20H,8-9,11-17H2. The minimum absolute atomic E-state index is 0.101.